The molecule has 1 aromatic rings. The molecule has 4 fully saturated rings. The van der Waals surface area contributed by atoms with Crippen LogP contribution in [0.15, 0.2) is 17.7 Å². The van der Waals surface area contributed by atoms with Crippen LogP contribution in [0.5, 0.6) is 11.5 Å². The number of nitro benzene ring substituents is 1. The lowest BCUT2D eigenvalue weighted by Gasteiger charge is -2.55. The molecule has 1 aromatic carbocycles. The molecule has 0 heterocycles. The molecule has 0 unspecified atom stereocenters. The number of aromatic hydroxyl groups is 2. The Hall–Kier alpha value is -3.12. The normalized spacial score (nSPS) is 27.3. The molecule has 4 aliphatic carbocycles. The molecule has 4 bridgehead atoms. The molecule has 4 aliphatic rings. The van der Waals surface area contributed by atoms with Gasteiger partial charge in [0.25, 0.3) is 5.91 Å². The third-order valence-electron chi connectivity index (χ3n) is 7.09. The van der Waals surface area contributed by atoms with Gasteiger partial charge in [-0.05, 0) is 87.8 Å². The van der Waals surface area contributed by atoms with Gasteiger partial charge >= 0.3 is 5.69 Å². The smallest absolute Gasteiger partial charge is 0.315 e. The highest BCUT2D eigenvalue weighted by Crippen LogP contribution is 2.54. The van der Waals surface area contributed by atoms with E-state index in [0.717, 1.165) is 36.0 Å². The van der Waals surface area contributed by atoms with E-state index in [4.69, 9.17) is 11.0 Å². The quantitative estimate of drug-likeness (QED) is 0.201. The Bertz CT molecular complexity index is 958. The van der Waals surface area contributed by atoms with Crippen LogP contribution in [-0.2, 0) is 4.79 Å². The first-order valence-corrected chi connectivity index (χ1v) is 11.5. The minimum absolute atomic E-state index is 0.0686. The van der Waals surface area contributed by atoms with E-state index >= 15 is 0 Å². The first kappa shape index (κ1) is 24.5. The van der Waals surface area contributed by atoms with E-state index in [1.165, 1.54) is 43.4 Å². The first-order valence-electron chi connectivity index (χ1n) is 11.5. The van der Waals surface area contributed by atoms with Gasteiger partial charge in [-0.15, -0.1) is 0 Å². The second-order valence-corrected chi connectivity index (χ2v) is 9.59. The van der Waals surface area contributed by atoms with Crippen molar-refractivity contribution in [3.63, 3.8) is 0 Å². The van der Waals surface area contributed by atoms with Crippen LogP contribution in [0.4, 0.5) is 5.69 Å². The van der Waals surface area contributed by atoms with E-state index in [2.05, 4.69) is 0 Å². The Morgan fingerprint density at radius 1 is 1.21 bits per heavy atom. The van der Waals surface area contributed by atoms with Gasteiger partial charge in [-0.25, -0.2) is 0 Å². The fourth-order valence-corrected chi connectivity index (χ4v) is 6.02. The van der Waals surface area contributed by atoms with Crippen LogP contribution in [0.2, 0.25) is 0 Å². The Morgan fingerprint density at radius 2 is 1.73 bits per heavy atom. The van der Waals surface area contributed by atoms with Crippen LogP contribution in [-0.4, -0.2) is 44.6 Å². The summed E-state index contributed by atoms with van der Waals surface area (Å²) in [6.45, 7) is 4.34. The lowest BCUT2D eigenvalue weighted by Crippen LogP contribution is -2.55. The van der Waals surface area contributed by atoms with Gasteiger partial charge in [-0.3, -0.25) is 14.9 Å². The fraction of sp³-hybridized carbons (Fsp3) is 0.583. The summed E-state index contributed by atoms with van der Waals surface area (Å²) in [6, 6.07) is 3.75. The fourth-order valence-electron chi connectivity index (χ4n) is 6.02. The summed E-state index contributed by atoms with van der Waals surface area (Å²) in [6.07, 6.45) is 9.70. The van der Waals surface area contributed by atoms with Crippen LogP contribution in [0.25, 0.3) is 6.08 Å². The number of hydrogen-bond donors (Lipinski definition) is 3. The molecule has 0 saturated heterocycles. The summed E-state index contributed by atoms with van der Waals surface area (Å²) in [4.78, 5) is 23.4. The average Bonchev–Trinajstić information content (AvgIpc) is 2.73. The molecule has 178 valence electrons. The molecule has 0 aliphatic heterocycles. The third-order valence-corrected chi connectivity index (χ3v) is 7.09. The lowest BCUT2D eigenvalue weighted by molar-refractivity contribution is -0.386. The van der Waals surface area contributed by atoms with Crippen molar-refractivity contribution in [2.24, 2.45) is 23.5 Å². The second-order valence-electron chi connectivity index (χ2n) is 9.59. The first-order chi connectivity index (χ1) is 15.6. The monoisotopic (exact) mass is 456 g/mol. The summed E-state index contributed by atoms with van der Waals surface area (Å²) in [5, 5.41) is 38.8. The summed E-state index contributed by atoms with van der Waals surface area (Å²) < 4.78 is 0. The van der Waals surface area contributed by atoms with Crippen molar-refractivity contribution in [2.45, 2.75) is 57.9 Å². The van der Waals surface area contributed by atoms with Crippen molar-refractivity contribution in [3.05, 3.63) is 33.4 Å². The Kier molecular flexibility index (Phi) is 7.28. The number of nitro groups is 1. The zero-order chi connectivity index (χ0) is 24.3. The average molecular weight is 457 g/mol. The highest BCUT2D eigenvalue weighted by atomic mass is 16.6. The van der Waals surface area contributed by atoms with Crippen LogP contribution < -0.4 is 5.73 Å². The van der Waals surface area contributed by atoms with E-state index in [0.29, 0.717) is 18.6 Å². The molecule has 4 saturated carbocycles. The topological polar surface area (TPSA) is 154 Å². The number of benzene rings is 1. The number of nitrogens with two attached hydrogens (primary N) is 1. The summed E-state index contributed by atoms with van der Waals surface area (Å²) in [5.41, 5.74) is 5.76. The number of phenols is 2. The highest BCUT2D eigenvalue weighted by Gasteiger charge is 2.48. The molecule has 5 rings (SSSR count). The van der Waals surface area contributed by atoms with Gasteiger partial charge in [0.1, 0.15) is 11.6 Å². The molecule has 0 aromatic heterocycles. The van der Waals surface area contributed by atoms with E-state index in [1.807, 2.05) is 0 Å². The van der Waals surface area contributed by atoms with Crippen molar-refractivity contribution in [1.82, 2.24) is 4.90 Å². The van der Waals surface area contributed by atoms with Gasteiger partial charge in [-0.2, -0.15) is 5.26 Å². The van der Waals surface area contributed by atoms with E-state index < -0.39 is 28.0 Å². The Balaban J connectivity index is 0.000000227. The number of nitrogens with zero attached hydrogens (tertiary/aromatic N) is 3. The van der Waals surface area contributed by atoms with Gasteiger partial charge in [0.2, 0.25) is 5.75 Å². The number of hydrogen-bond acceptors (Lipinski definition) is 7. The Labute approximate surface area is 193 Å². The number of carbonyl (C=O) groups excluding carboxylic acids is 1. The van der Waals surface area contributed by atoms with E-state index in [1.54, 1.807) is 19.9 Å². The Morgan fingerprint density at radius 3 is 2.12 bits per heavy atom. The SMILES string of the molecule is CCN(CC)C(=O)/C(C#N)=C/c1cc(O)c(O)c([N+](=O)[O-])c1.NC12CC3CC(CC(C3)C1)C2. The number of likely N-dealkylation sites (N-methyl/N-ethyl adjacent to an activating group) is 1. The largest absolute Gasteiger partial charge is 0.504 e. The molecular formula is C24H32N4O5. The van der Waals surface area contributed by atoms with Crippen molar-refractivity contribution < 1.29 is 19.9 Å². The molecule has 9 nitrogen and oxygen atoms in total. The number of amides is 1. The number of rotatable bonds is 5. The van der Waals surface area contributed by atoms with Gasteiger partial charge in [-0.1, -0.05) is 0 Å². The van der Waals surface area contributed by atoms with Crippen LogP contribution in [0.3, 0.4) is 0 Å². The van der Waals surface area contributed by atoms with Gasteiger partial charge in [0.05, 0.1) is 4.92 Å². The van der Waals surface area contributed by atoms with E-state index in [9.17, 15) is 25.1 Å². The van der Waals surface area contributed by atoms with Gasteiger partial charge in [0, 0.05) is 24.7 Å². The lowest BCUT2D eigenvalue weighted by atomic mass is 9.53. The molecule has 0 atom stereocenters. The molecule has 0 radical (unpaired) electrons. The standard InChI is InChI=1S/C14H15N3O5.C10H17N/c1-3-16(4-2)14(20)10(8-15)5-9-6-11(17(21)22)13(19)12(18)7-9;11-10-4-7-1-8(5-10)3-9(2-7)6-10/h5-7,18-19H,3-4H2,1-2H3;7-9H,1-6,11H2/b10-5+;. The van der Waals surface area contributed by atoms with Crippen LogP contribution in [0.1, 0.15) is 57.9 Å². The summed E-state index contributed by atoms with van der Waals surface area (Å²) in [7, 11) is 0. The number of carbonyl (C=O) groups is 1. The molecule has 0 spiro atoms. The minimum Gasteiger partial charge on any atom is -0.504 e. The van der Waals surface area contributed by atoms with Gasteiger partial charge < -0.3 is 20.8 Å². The molecule has 9 heteroatoms. The van der Waals surface area contributed by atoms with Crippen molar-refractivity contribution in [3.8, 4) is 17.6 Å². The summed E-state index contributed by atoms with van der Waals surface area (Å²) in [5.74, 6) is 0.982. The maximum Gasteiger partial charge on any atom is 0.315 e. The van der Waals surface area contributed by atoms with Crippen molar-refractivity contribution in [1.29, 1.82) is 5.26 Å². The van der Waals surface area contributed by atoms with Gasteiger partial charge in [0.15, 0.2) is 5.75 Å². The van der Waals surface area contributed by atoms with Crippen LogP contribution in [0, 0.1) is 39.2 Å². The van der Waals surface area contributed by atoms with Crippen molar-refractivity contribution in [2.75, 3.05) is 13.1 Å². The van der Waals surface area contributed by atoms with E-state index in [-0.39, 0.29) is 11.1 Å². The zero-order valence-corrected chi connectivity index (χ0v) is 19.2. The maximum atomic E-state index is 12.1. The molecular weight excluding hydrogens is 424 g/mol. The zero-order valence-electron chi connectivity index (χ0n) is 19.2. The third kappa shape index (κ3) is 5.45. The molecule has 1 amide bonds. The highest BCUT2D eigenvalue weighted by molar-refractivity contribution is 6.01. The van der Waals surface area contributed by atoms with Crippen LogP contribution >= 0.6 is 0 Å². The maximum absolute atomic E-state index is 12.1. The predicted molar refractivity (Wildman–Crippen MR) is 123 cm³/mol. The number of nitriles is 1. The van der Waals surface area contributed by atoms with Crippen molar-refractivity contribution >= 4 is 17.7 Å². The number of phenolic OH excluding ortho intramolecular Hbond substituents is 2. The predicted octanol–water partition coefficient (Wildman–Crippen LogP) is 3.70. The summed E-state index contributed by atoms with van der Waals surface area (Å²) >= 11 is 0. The minimum atomic E-state index is -0.870. The molecule has 33 heavy (non-hydrogen) atoms. The molecule has 4 N–H and O–H groups in total. The second kappa shape index (κ2) is 9.79.